The first kappa shape index (κ1) is 19.0. The first-order valence-corrected chi connectivity index (χ1v) is 10.1. The molecule has 4 unspecified atom stereocenters. The van der Waals surface area contributed by atoms with Crippen molar-refractivity contribution in [1.82, 2.24) is 0 Å². The van der Waals surface area contributed by atoms with E-state index in [1.807, 2.05) is 27.7 Å². The molecule has 3 aliphatic carbocycles. The highest BCUT2D eigenvalue weighted by Gasteiger charge is 2.54. The number of fused-ring (bicyclic) bond motifs is 2. The molecule has 0 aromatic rings. The summed E-state index contributed by atoms with van der Waals surface area (Å²) >= 11 is 0. The van der Waals surface area contributed by atoms with Crippen LogP contribution in [-0.4, -0.2) is 0 Å². The highest BCUT2D eigenvalue weighted by molar-refractivity contribution is 5.03. The second-order valence-corrected chi connectivity index (χ2v) is 7.94. The van der Waals surface area contributed by atoms with Gasteiger partial charge in [0.2, 0.25) is 0 Å². The molecule has 0 radical (unpaired) electrons. The van der Waals surface area contributed by atoms with E-state index in [9.17, 15) is 0 Å². The van der Waals surface area contributed by atoms with Crippen LogP contribution in [0.2, 0.25) is 0 Å². The van der Waals surface area contributed by atoms with Crippen LogP contribution in [0, 0.1) is 35.0 Å². The third-order valence-corrected chi connectivity index (χ3v) is 6.98. The Morgan fingerprint density at radius 3 is 1.90 bits per heavy atom. The Bertz CT molecular complexity index is 268. The van der Waals surface area contributed by atoms with E-state index in [-0.39, 0.29) is 0 Å². The van der Waals surface area contributed by atoms with Crippen LogP contribution in [0.5, 0.6) is 0 Å². The molecule has 0 heterocycles. The lowest BCUT2D eigenvalue weighted by atomic mass is 9.64. The summed E-state index contributed by atoms with van der Waals surface area (Å²) in [6.45, 7) is 15.6. The van der Waals surface area contributed by atoms with Crippen LogP contribution in [0.15, 0.2) is 0 Å². The lowest BCUT2D eigenvalue weighted by Gasteiger charge is -2.41. The molecule has 126 valence electrons. The van der Waals surface area contributed by atoms with Gasteiger partial charge in [-0.15, -0.1) is 0 Å². The Labute approximate surface area is 135 Å². The van der Waals surface area contributed by atoms with Crippen LogP contribution >= 0.6 is 0 Å². The minimum Gasteiger partial charge on any atom is -0.0683 e. The highest BCUT2D eigenvalue weighted by Crippen LogP contribution is 2.62. The van der Waals surface area contributed by atoms with Crippen molar-refractivity contribution in [3.63, 3.8) is 0 Å². The molecular formula is C21H42. The first-order valence-electron chi connectivity index (χ1n) is 10.1. The third-order valence-electron chi connectivity index (χ3n) is 6.98. The van der Waals surface area contributed by atoms with Gasteiger partial charge < -0.3 is 0 Å². The minimum atomic E-state index is 0.647. The predicted molar refractivity (Wildman–Crippen MR) is 96.5 cm³/mol. The van der Waals surface area contributed by atoms with E-state index in [4.69, 9.17) is 0 Å². The molecule has 0 heteroatoms. The zero-order valence-electron chi connectivity index (χ0n) is 16.0. The van der Waals surface area contributed by atoms with E-state index in [1.165, 1.54) is 19.3 Å². The molecule has 3 saturated carbocycles. The molecule has 3 fully saturated rings. The van der Waals surface area contributed by atoms with Crippen molar-refractivity contribution in [2.45, 2.75) is 99.8 Å². The molecule has 0 N–H and O–H groups in total. The fourth-order valence-electron chi connectivity index (χ4n) is 5.42. The van der Waals surface area contributed by atoms with Crippen molar-refractivity contribution in [2.24, 2.45) is 35.0 Å². The molecule has 4 atom stereocenters. The Morgan fingerprint density at radius 2 is 1.43 bits per heavy atom. The van der Waals surface area contributed by atoms with E-state index >= 15 is 0 Å². The van der Waals surface area contributed by atoms with Crippen molar-refractivity contribution in [1.29, 1.82) is 0 Å². The smallest absolute Gasteiger partial charge is 0.0297 e. The van der Waals surface area contributed by atoms with Gasteiger partial charge in [0.1, 0.15) is 0 Å². The molecule has 3 aliphatic rings. The second-order valence-electron chi connectivity index (χ2n) is 7.94. The molecule has 0 nitrogen and oxygen atoms in total. The maximum atomic E-state index is 2.54. The molecule has 0 saturated heterocycles. The summed E-state index contributed by atoms with van der Waals surface area (Å²) < 4.78 is 0. The van der Waals surface area contributed by atoms with Crippen molar-refractivity contribution >= 4 is 0 Å². The van der Waals surface area contributed by atoms with E-state index < -0.39 is 0 Å². The van der Waals surface area contributed by atoms with Gasteiger partial charge in [-0.3, -0.25) is 0 Å². The monoisotopic (exact) mass is 294 g/mol. The second kappa shape index (κ2) is 8.59. The Morgan fingerprint density at radius 1 is 0.857 bits per heavy atom. The summed E-state index contributed by atoms with van der Waals surface area (Å²) in [4.78, 5) is 0. The molecule has 0 amide bonds. The fraction of sp³-hybridized carbons (Fsp3) is 1.00. The molecule has 3 rings (SSSR count). The third kappa shape index (κ3) is 4.05. The van der Waals surface area contributed by atoms with Gasteiger partial charge in [-0.05, 0) is 54.3 Å². The van der Waals surface area contributed by atoms with Crippen LogP contribution < -0.4 is 0 Å². The average Bonchev–Trinajstić information content (AvgIpc) is 3.03. The van der Waals surface area contributed by atoms with Crippen molar-refractivity contribution in [2.75, 3.05) is 0 Å². The van der Waals surface area contributed by atoms with Gasteiger partial charge in [-0.25, -0.2) is 0 Å². The first-order chi connectivity index (χ1) is 10.1. The quantitative estimate of drug-likeness (QED) is 0.500. The van der Waals surface area contributed by atoms with Crippen LogP contribution in [0.25, 0.3) is 0 Å². The minimum absolute atomic E-state index is 0.647. The van der Waals surface area contributed by atoms with E-state index in [1.54, 1.807) is 32.1 Å². The maximum Gasteiger partial charge on any atom is -0.0297 e. The largest absolute Gasteiger partial charge is 0.0683 e. The van der Waals surface area contributed by atoms with Crippen LogP contribution in [0.1, 0.15) is 99.8 Å². The summed E-state index contributed by atoms with van der Waals surface area (Å²) in [5, 5.41) is 0. The molecule has 0 aromatic carbocycles. The van der Waals surface area contributed by atoms with Crippen molar-refractivity contribution < 1.29 is 0 Å². The normalized spacial score (nSPS) is 37.3. The maximum absolute atomic E-state index is 2.54. The molecular weight excluding hydrogens is 252 g/mol. The summed E-state index contributed by atoms with van der Waals surface area (Å²) in [5.74, 6) is 5.32. The number of rotatable bonds is 2. The Kier molecular flexibility index (Phi) is 7.79. The van der Waals surface area contributed by atoms with Crippen LogP contribution in [-0.2, 0) is 0 Å². The zero-order chi connectivity index (χ0) is 16.0. The van der Waals surface area contributed by atoms with Crippen molar-refractivity contribution in [3.05, 3.63) is 0 Å². The van der Waals surface area contributed by atoms with Crippen LogP contribution in [0.4, 0.5) is 0 Å². The fourth-order valence-corrected chi connectivity index (χ4v) is 5.42. The standard InChI is InChI=1S/C17H30.2C2H6/c1-12-16-11-15(17(12,2)3)10-14(16)9-13-7-5-4-6-8-13;2*1-2/h12-16H,4-11H2,1-3H3;2*1-2H3. The van der Waals surface area contributed by atoms with E-state index in [2.05, 4.69) is 20.8 Å². The molecule has 2 bridgehead atoms. The van der Waals surface area contributed by atoms with Crippen LogP contribution in [0.3, 0.4) is 0 Å². The summed E-state index contributed by atoms with van der Waals surface area (Å²) in [6.07, 6.45) is 12.4. The van der Waals surface area contributed by atoms with Gasteiger partial charge in [0.15, 0.2) is 0 Å². The summed E-state index contributed by atoms with van der Waals surface area (Å²) in [5.41, 5.74) is 0.647. The summed E-state index contributed by atoms with van der Waals surface area (Å²) in [6, 6.07) is 0. The lowest BCUT2D eigenvalue weighted by Crippen LogP contribution is -2.33. The van der Waals surface area contributed by atoms with Gasteiger partial charge in [-0.1, -0.05) is 80.6 Å². The summed E-state index contributed by atoms with van der Waals surface area (Å²) in [7, 11) is 0. The lowest BCUT2D eigenvalue weighted by molar-refractivity contribution is 0.0813. The Hall–Kier alpha value is 0. The molecule has 21 heavy (non-hydrogen) atoms. The number of hydrogen-bond acceptors (Lipinski definition) is 0. The zero-order valence-corrected chi connectivity index (χ0v) is 16.0. The molecule has 0 aromatic heterocycles. The van der Waals surface area contributed by atoms with Gasteiger partial charge >= 0.3 is 0 Å². The van der Waals surface area contributed by atoms with E-state index in [0.29, 0.717) is 5.41 Å². The molecule has 0 spiro atoms. The van der Waals surface area contributed by atoms with E-state index in [0.717, 1.165) is 29.6 Å². The van der Waals surface area contributed by atoms with Gasteiger partial charge in [0.25, 0.3) is 0 Å². The average molecular weight is 295 g/mol. The topological polar surface area (TPSA) is 0 Å². The van der Waals surface area contributed by atoms with Gasteiger partial charge in [0.05, 0.1) is 0 Å². The van der Waals surface area contributed by atoms with Crippen molar-refractivity contribution in [3.8, 4) is 0 Å². The van der Waals surface area contributed by atoms with Gasteiger partial charge in [0, 0.05) is 0 Å². The molecule has 0 aliphatic heterocycles. The SMILES string of the molecule is CC.CC.CC1C2CC(CC2CC2CCCCC2)C1(C)C. The van der Waals surface area contributed by atoms with Gasteiger partial charge in [-0.2, -0.15) is 0 Å². The highest BCUT2D eigenvalue weighted by atomic mass is 14.6. The number of hydrogen-bond donors (Lipinski definition) is 0. The Balaban J connectivity index is 0.000000510. The predicted octanol–water partition coefficient (Wildman–Crippen LogP) is 7.33.